The van der Waals surface area contributed by atoms with Crippen LogP contribution in [0.1, 0.15) is 28.8 Å². The summed E-state index contributed by atoms with van der Waals surface area (Å²) in [4.78, 5) is 25.8. The summed E-state index contributed by atoms with van der Waals surface area (Å²) < 4.78 is 0. The number of benzene rings is 1. The SMILES string of the molecule is CN1CCCC(NC(=O)c2ccc3c(c2)NC(=O)C3)C1. The number of likely N-dealkylation sites (tertiary alicyclic amines) is 1. The summed E-state index contributed by atoms with van der Waals surface area (Å²) in [5.41, 5.74) is 2.34. The number of piperidine rings is 1. The van der Waals surface area contributed by atoms with Gasteiger partial charge in [0.25, 0.3) is 5.91 Å². The Bertz CT molecular complexity index is 556. The number of likely N-dealkylation sites (N-methyl/N-ethyl adjacent to an activating group) is 1. The number of rotatable bonds is 2. The van der Waals surface area contributed by atoms with Crippen molar-refractivity contribution in [3.8, 4) is 0 Å². The van der Waals surface area contributed by atoms with Gasteiger partial charge in [0, 0.05) is 23.8 Å². The largest absolute Gasteiger partial charge is 0.348 e. The number of nitrogens with one attached hydrogen (secondary N) is 2. The normalized spacial score (nSPS) is 22.2. The summed E-state index contributed by atoms with van der Waals surface area (Å²) in [5, 5.41) is 5.85. The first-order chi connectivity index (χ1) is 9.61. The molecular formula is C15H19N3O2. The molecule has 5 nitrogen and oxygen atoms in total. The minimum Gasteiger partial charge on any atom is -0.348 e. The van der Waals surface area contributed by atoms with Gasteiger partial charge in [0.1, 0.15) is 0 Å². The zero-order valence-corrected chi connectivity index (χ0v) is 11.6. The molecule has 2 aliphatic rings. The monoisotopic (exact) mass is 273 g/mol. The molecule has 0 saturated carbocycles. The van der Waals surface area contributed by atoms with E-state index in [-0.39, 0.29) is 17.9 Å². The number of fused-ring (bicyclic) bond motifs is 1. The second-order valence-electron chi connectivity index (χ2n) is 5.67. The Hall–Kier alpha value is -1.88. The maximum atomic E-state index is 12.3. The minimum atomic E-state index is -0.0609. The van der Waals surface area contributed by atoms with Crippen LogP contribution in [-0.2, 0) is 11.2 Å². The average molecular weight is 273 g/mol. The molecule has 3 rings (SSSR count). The molecular weight excluding hydrogens is 254 g/mol. The molecule has 1 aromatic carbocycles. The molecule has 106 valence electrons. The van der Waals surface area contributed by atoms with E-state index in [9.17, 15) is 9.59 Å². The van der Waals surface area contributed by atoms with Crippen molar-refractivity contribution in [2.75, 3.05) is 25.5 Å². The van der Waals surface area contributed by atoms with Crippen molar-refractivity contribution < 1.29 is 9.59 Å². The molecule has 1 fully saturated rings. The van der Waals surface area contributed by atoms with Crippen LogP contribution in [0.4, 0.5) is 5.69 Å². The van der Waals surface area contributed by atoms with Crippen LogP contribution in [0.2, 0.25) is 0 Å². The molecule has 2 N–H and O–H groups in total. The minimum absolute atomic E-state index is 0.00790. The molecule has 1 saturated heterocycles. The number of nitrogens with zero attached hydrogens (tertiary/aromatic N) is 1. The summed E-state index contributed by atoms with van der Waals surface area (Å²) >= 11 is 0. The summed E-state index contributed by atoms with van der Waals surface area (Å²) in [6, 6.07) is 5.63. The highest BCUT2D eigenvalue weighted by Crippen LogP contribution is 2.24. The molecule has 0 bridgehead atoms. The zero-order chi connectivity index (χ0) is 14.1. The van der Waals surface area contributed by atoms with Crippen LogP contribution in [0, 0.1) is 0 Å². The van der Waals surface area contributed by atoms with E-state index in [4.69, 9.17) is 0 Å². The zero-order valence-electron chi connectivity index (χ0n) is 11.6. The van der Waals surface area contributed by atoms with Gasteiger partial charge in [0.05, 0.1) is 6.42 Å². The van der Waals surface area contributed by atoms with Crippen LogP contribution < -0.4 is 10.6 Å². The Kier molecular flexibility index (Phi) is 3.44. The van der Waals surface area contributed by atoms with E-state index in [1.807, 2.05) is 6.07 Å². The number of amides is 2. The average Bonchev–Trinajstić information content (AvgIpc) is 2.77. The second kappa shape index (κ2) is 5.25. The van der Waals surface area contributed by atoms with E-state index in [0.29, 0.717) is 12.0 Å². The van der Waals surface area contributed by atoms with Gasteiger partial charge in [-0.25, -0.2) is 0 Å². The highest BCUT2D eigenvalue weighted by molar-refractivity contribution is 6.02. The third-order valence-corrected chi connectivity index (χ3v) is 3.96. The standard InChI is InChI=1S/C15H19N3O2/c1-18-6-2-3-12(9-18)16-15(20)11-5-4-10-8-14(19)17-13(10)7-11/h4-5,7,12H,2-3,6,8-9H2,1H3,(H,16,20)(H,17,19). The fraction of sp³-hybridized carbons (Fsp3) is 0.467. The molecule has 2 heterocycles. The van der Waals surface area contributed by atoms with E-state index in [2.05, 4.69) is 22.6 Å². The maximum Gasteiger partial charge on any atom is 0.251 e. The summed E-state index contributed by atoms with van der Waals surface area (Å²) in [6.45, 7) is 1.99. The van der Waals surface area contributed by atoms with Gasteiger partial charge in [0.15, 0.2) is 0 Å². The van der Waals surface area contributed by atoms with Crippen LogP contribution in [0.25, 0.3) is 0 Å². The van der Waals surface area contributed by atoms with Gasteiger partial charge in [-0.05, 0) is 44.1 Å². The Morgan fingerprint density at radius 2 is 2.30 bits per heavy atom. The van der Waals surface area contributed by atoms with Gasteiger partial charge in [0.2, 0.25) is 5.91 Å². The Balaban J connectivity index is 1.68. The molecule has 1 aromatic rings. The van der Waals surface area contributed by atoms with E-state index in [1.165, 1.54) is 0 Å². The van der Waals surface area contributed by atoms with E-state index < -0.39 is 0 Å². The molecule has 2 aliphatic heterocycles. The number of carbonyl (C=O) groups is 2. The smallest absolute Gasteiger partial charge is 0.251 e. The highest BCUT2D eigenvalue weighted by atomic mass is 16.2. The van der Waals surface area contributed by atoms with Crippen molar-refractivity contribution in [3.05, 3.63) is 29.3 Å². The Morgan fingerprint density at radius 3 is 3.10 bits per heavy atom. The molecule has 0 aromatic heterocycles. The van der Waals surface area contributed by atoms with Crippen molar-refractivity contribution in [3.63, 3.8) is 0 Å². The van der Waals surface area contributed by atoms with Crippen molar-refractivity contribution in [2.24, 2.45) is 0 Å². The van der Waals surface area contributed by atoms with Crippen LogP contribution in [0.15, 0.2) is 18.2 Å². The van der Waals surface area contributed by atoms with Crippen LogP contribution in [0.5, 0.6) is 0 Å². The lowest BCUT2D eigenvalue weighted by atomic mass is 10.0. The summed E-state index contributed by atoms with van der Waals surface area (Å²) in [6.07, 6.45) is 2.55. The lowest BCUT2D eigenvalue weighted by Gasteiger charge is -2.30. The van der Waals surface area contributed by atoms with Gasteiger partial charge in [-0.1, -0.05) is 6.07 Å². The van der Waals surface area contributed by atoms with E-state index >= 15 is 0 Å². The number of anilines is 1. The van der Waals surface area contributed by atoms with Gasteiger partial charge in [-0.15, -0.1) is 0 Å². The first-order valence-electron chi connectivity index (χ1n) is 7.04. The predicted octanol–water partition coefficient (Wildman–Crippen LogP) is 1.01. The van der Waals surface area contributed by atoms with E-state index in [0.717, 1.165) is 37.2 Å². The third-order valence-electron chi connectivity index (χ3n) is 3.96. The molecule has 2 amide bonds. The van der Waals surface area contributed by atoms with Gasteiger partial charge in [-0.3, -0.25) is 9.59 Å². The number of carbonyl (C=O) groups excluding carboxylic acids is 2. The fourth-order valence-electron chi connectivity index (χ4n) is 2.91. The van der Waals surface area contributed by atoms with E-state index in [1.54, 1.807) is 12.1 Å². The van der Waals surface area contributed by atoms with Crippen molar-refractivity contribution in [2.45, 2.75) is 25.3 Å². The lowest BCUT2D eigenvalue weighted by Crippen LogP contribution is -2.46. The number of hydrogen-bond donors (Lipinski definition) is 2. The van der Waals surface area contributed by atoms with Crippen molar-refractivity contribution >= 4 is 17.5 Å². The van der Waals surface area contributed by atoms with Gasteiger partial charge < -0.3 is 15.5 Å². The fourth-order valence-corrected chi connectivity index (χ4v) is 2.91. The topological polar surface area (TPSA) is 61.4 Å². The molecule has 20 heavy (non-hydrogen) atoms. The maximum absolute atomic E-state index is 12.3. The van der Waals surface area contributed by atoms with Crippen molar-refractivity contribution in [1.29, 1.82) is 0 Å². The molecule has 0 aliphatic carbocycles. The summed E-state index contributed by atoms with van der Waals surface area (Å²) in [5.74, 6) is -0.0688. The number of hydrogen-bond acceptors (Lipinski definition) is 3. The van der Waals surface area contributed by atoms with Crippen molar-refractivity contribution in [1.82, 2.24) is 10.2 Å². The molecule has 1 unspecified atom stereocenters. The summed E-state index contributed by atoms with van der Waals surface area (Å²) in [7, 11) is 2.07. The van der Waals surface area contributed by atoms with Gasteiger partial charge >= 0.3 is 0 Å². The van der Waals surface area contributed by atoms with Crippen LogP contribution >= 0.6 is 0 Å². The lowest BCUT2D eigenvalue weighted by molar-refractivity contribution is -0.115. The molecule has 0 spiro atoms. The first-order valence-corrected chi connectivity index (χ1v) is 7.04. The Morgan fingerprint density at radius 1 is 1.45 bits per heavy atom. The second-order valence-corrected chi connectivity index (χ2v) is 5.67. The highest BCUT2D eigenvalue weighted by Gasteiger charge is 2.22. The Labute approximate surface area is 118 Å². The predicted molar refractivity (Wildman–Crippen MR) is 76.8 cm³/mol. The molecule has 0 radical (unpaired) electrons. The van der Waals surface area contributed by atoms with Crippen LogP contribution in [-0.4, -0.2) is 42.9 Å². The van der Waals surface area contributed by atoms with Crippen LogP contribution in [0.3, 0.4) is 0 Å². The molecule has 1 atom stereocenters. The molecule has 5 heteroatoms. The van der Waals surface area contributed by atoms with Gasteiger partial charge in [-0.2, -0.15) is 0 Å². The quantitative estimate of drug-likeness (QED) is 0.845. The first kappa shape index (κ1) is 13.1. The third kappa shape index (κ3) is 2.67.